The van der Waals surface area contributed by atoms with Crippen LogP contribution in [0.2, 0.25) is 0 Å². The maximum Gasteiger partial charge on any atom is 0.245 e. The van der Waals surface area contributed by atoms with Crippen molar-refractivity contribution < 1.29 is 32.3 Å². The summed E-state index contributed by atoms with van der Waals surface area (Å²) in [5.74, 6) is -6.00. The van der Waals surface area contributed by atoms with E-state index < -0.39 is 47.2 Å². The molecule has 3 aromatic rings. The normalized spacial score (nSPS) is 18.4. The zero-order valence-electron chi connectivity index (χ0n) is 15.9. The molecule has 1 aromatic heterocycles. The maximum absolute atomic E-state index is 14.3. The lowest BCUT2D eigenvalue weighted by atomic mass is 10.0. The van der Waals surface area contributed by atoms with Crippen LogP contribution in [-0.2, 0) is 16.0 Å². The van der Waals surface area contributed by atoms with Gasteiger partial charge in [0, 0.05) is 24.0 Å². The standard InChI is InChI=1S/C21H17F4N3O3/c22-10-3-1-9(2-4-10)18-11(12-7-13(23)16(24)17(25)19(12)28-18)5-6-15(30)27-20-14(29)8-26-21(20)31/h1-4,7,14,20,28-29H,5-6,8H2,(H,26,31)(H,27,30)/t14-,20+/m1/s1. The fourth-order valence-electron chi connectivity index (χ4n) is 3.67. The van der Waals surface area contributed by atoms with Gasteiger partial charge in [-0.15, -0.1) is 0 Å². The Balaban J connectivity index is 1.68. The molecule has 0 bridgehead atoms. The molecule has 6 nitrogen and oxygen atoms in total. The van der Waals surface area contributed by atoms with Gasteiger partial charge in [-0.05, 0) is 47.9 Å². The highest BCUT2D eigenvalue weighted by Gasteiger charge is 2.34. The lowest BCUT2D eigenvalue weighted by Crippen LogP contribution is -2.45. The summed E-state index contributed by atoms with van der Waals surface area (Å²) in [5, 5.41) is 14.6. The summed E-state index contributed by atoms with van der Waals surface area (Å²) in [5.41, 5.74) is 0.759. The van der Waals surface area contributed by atoms with E-state index in [2.05, 4.69) is 15.6 Å². The maximum atomic E-state index is 14.3. The zero-order chi connectivity index (χ0) is 22.3. The number of aromatic nitrogens is 1. The molecule has 2 heterocycles. The molecule has 0 radical (unpaired) electrons. The molecule has 4 N–H and O–H groups in total. The largest absolute Gasteiger partial charge is 0.389 e. The fraction of sp³-hybridized carbons (Fsp3) is 0.238. The number of aryl methyl sites for hydroxylation is 1. The van der Waals surface area contributed by atoms with Crippen molar-refractivity contribution >= 4 is 22.7 Å². The van der Waals surface area contributed by atoms with Crippen LogP contribution >= 0.6 is 0 Å². The first-order chi connectivity index (χ1) is 14.8. The Bertz CT molecular complexity index is 1180. The number of benzene rings is 2. The summed E-state index contributed by atoms with van der Waals surface area (Å²) in [6.07, 6.45) is -1.27. The van der Waals surface area contributed by atoms with Crippen molar-refractivity contribution in [1.82, 2.24) is 15.6 Å². The number of H-pyrrole nitrogens is 1. The predicted molar refractivity (Wildman–Crippen MR) is 103 cm³/mol. The van der Waals surface area contributed by atoms with E-state index in [-0.39, 0.29) is 36.0 Å². The number of β-amino-alcohol motifs (C(OH)–C–C–N with tert-alkyl or cyclic N) is 1. The highest BCUT2D eigenvalue weighted by atomic mass is 19.2. The summed E-state index contributed by atoms with van der Waals surface area (Å²) in [6, 6.07) is 4.92. The monoisotopic (exact) mass is 435 g/mol. The second-order valence-corrected chi connectivity index (χ2v) is 7.25. The van der Waals surface area contributed by atoms with E-state index >= 15 is 0 Å². The van der Waals surface area contributed by atoms with Crippen LogP contribution in [0.25, 0.3) is 22.2 Å². The second kappa shape index (κ2) is 8.03. The third-order valence-electron chi connectivity index (χ3n) is 5.24. The molecule has 2 atom stereocenters. The van der Waals surface area contributed by atoms with Crippen molar-refractivity contribution in [3.8, 4) is 11.3 Å². The summed E-state index contributed by atoms with van der Waals surface area (Å²) >= 11 is 0. The van der Waals surface area contributed by atoms with Crippen molar-refractivity contribution in [2.45, 2.75) is 25.0 Å². The molecule has 1 aliphatic rings. The highest BCUT2D eigenvalue weighted by Crippen LogP contribution is 2.34. The molecule has 1 fully saturated rings. The number of carbonyl (C=O) groups excluding carboxylic acids is 2. The molecule has 0 unspecified atom stereocenters. The molecule has 0 aliphatic carbocycles. The minimum atomic E-state index is -1.63. The first-order valence-corrected chi connectivity index (χ1v) is 9.45. The number of aliphatic hydroxyl groups excluding tert-OH is 1. The minimum absolute atomic E-state index is 0.0189. The molecule has 10 heteroatoms. The fourth-order valence-corrected chi connectivity index (χ4v) is 3.67. The molecule has 2 amide bonds. The van der Waals surface area contributed by atoms with Crippen LogP contribution in [0.3, 0.4) is 0 Å². The number of aromatic amines is 1. The molecule has 1 aliphatic heterocycles. The van der Waals surface area contributed by atoms with Crippen LogP contribution in [-0.4, -0.2) is 40.6 Å². The smallest absolute Gasteiger partial charge is 0.245 e. The first kappa shape index (κ1) is 20.9. The Kier molecular flexibility index (Phi) is 5.40. The Morgan fingerprint density at radius 3 is 2.48 bits per heavy atom. The average molecular weight is 435 g/mol. The molecule has 2 aromatic carbocycles. The summed E-state index contributed by atoms with van der Waals surface area (Å²) in [4.78, 5) is 26.7. The van der Waals surface area contributed by atoms with Crippen molar-refractivity contribution in [2.75, 3.05) is 6.54 Å². The minimum Gasteiger partial charge on any atom is -0.389 e. The number of nitrogens with one attached hydrogen (secondary N) is 3. The molecule has 4 rings (SSSR count). The highest BCUT2D eigenvalue weighted by molar-refractivity contribution is 5.93. The molecular formula is C21H17F4N3O3. The number of halogens is 4. The molecular weight excluding hydrogens is 418 g/mol. The number of aliphatic hydroxyl groups is 1. The van der Waals surface area contributed by atoms with Crippen LogP contribution in [0.15, 0.2) is 30.3 Å². The van der Waals surface area contributed by atoms with Gasteiger partial charge in [-0.1, -0.05) is 0 Å². The number of rotatable bonds is 5. The number of hydrogen-bond donors (Lipinski definition) is 4. The van der Waals surface area contributed by atoms with Gasteiger partial charge in [0.25, 0.3) is 0 Å². The van der Waals surface area contributed by atoms with Crippen molar-refractivity contribution in [3.05, 3.63) is 59.2 Å². The third kappa shape index (κ3) is 3.86. The summed E-state index contributed by atoms with van der Waals surface area (Å²) < 4.78 is 55.2. The van der Waals surface area contributed by atoms with Crippen LogP contribution in [0.1, 0.15) is 12.0 Å². The Morgan fingerprint density at radius 2 is 1.84 bits per heavy atom. The molecule has 0 saturated carbocycles. The van der Waals surface area contributed by atoms with E-state index in [9.17, 15) is 32.3 Å². The van der Waals surface area contributed by atoms with Crippen LogP contribution in [0, 0.1) is 23.3 Å². The summed E-state index contributed by atoms with van der Waals surface area (Å²) in [7, 11) is 0. The van der Waals surface area contributed by atoms with Gasteiger partial charge in [-0.3, -0.25) is 9.59 Å². The van der Waals surface area contributed by atoms with E-state index in [0.717, 1.165) is 6.07 Å². The van der Waals surface area contributed by atoms with Gasteiger partial charge in [-0.2, -0.15) is 0 Å². The number of fused-ring (bicyclic) bond motifs is 1. The van der Waals surface area contributed by atoms with E-state index in [1.54, 1.807) is 0 Å². The Morgan fingerprint density at radius 1 is 1.13 bits per heavy atom. The van der Waals surface area contributed by atoms with Gasteiger partial charge in [-0.25, -0.2) is 17.6 Å². The van der Waals surface area contributed by atoms with E-state index in [0.29, 0.717) is 11.1 Å². The van der Waals surface area contributed by atoms with E-state index in [4.69, 9.17) is 0 Å². The van der Waals surface area contributed by atoms with Crippen molar-refractivity contribution in [3.63, 3.8) is 0 Å². The second-order valence-electron chi connectivity index (χ2n) is 7.25. The molecule has 1 saturated heterocycles. The van der Waals surface area contributed by atoms with Gasteiger partial charge < -0.3 is 20.7 Å². The Labute approximate surface area is 173 Å². The SMILES string of the molecule is O=C(CCc1c(-c2ccc(F)cc2)[nH]c2c(F)c(F)c(F)cc12)N[C@@H]1C(=O)NC[C@H]1O. The first-order valence-electron chi connectivity index (χ1n) is 9.45. The van der Waals surface area contributed by atoms with Gasteiger partial charge >= 0.3 is 0 Å². The van der Waals surface area contributed by atoms with Crippen LogP contribution < -0.4 is 10.6 Å². The summed E-state index contributed by atoms with van der Waals surface area (Å²) in [6.45, 7) is 0.0189. The van der Waals surface area contributed by atoms with Crippen molar-refractivity contribution in [2.24, 2.45) is 0 Å². The zero-order valence-corrected chi connectivity index (χ0v) is 15.9. The van der Waals surface area contributed by atoms with E-state index in [1.807, 2.05) is 0 Å². The topological polar surface area (TPSA) is 94.2 Å². The predicted octanol–water partition coefficient (Wildman–Crippen LogP) is 2.30. The molecule has 162 valence electrons. The van der Waals surface area contributed by atoms with Gasteiger partial charge in [0.15, 0.2) is 17.5 Å². The number of carbonyl (C=O) groups is 2. The van der Waals surface area contributed by atoms with Gasteiger partial charge in [0.05, 0.1) is 5.52 Å². The lowest BCUT2D eigenvalue weighted by molar-refractivity contribution is -0.128. The lowest BCUT2D eigenvalue weighted by Gasteiger charge is -2.14. The Hall–Kier alpha value is -3.40. The van der Waals surface area contributed by atoms with Crippen LogP contribution in [0.5, 0.6) is 0 Å². The van der Waals surface area contributed by atoms with E-state index in [1.165, 1.54) is 24.3 Å². The van der Waals surface area contributed by atoms with Gasteiger partial charge in [0.1, 0.15) is 18.0 Å². The number of hydrogen-bond acceptors (Lipinski definition) is 3. The number of amides is 2. The average Bonchev–Trinajstić information content (AvgIpc) is 3.26. The molecule has 31 heavy (non-hydrogen) atoms. The van der Waals surface area contributed by atoms with Crippen molar-refractivity contribution in [1.29, 1.82) is 0 Å². The molecule has 0 spiro atoms. The third-order valence-corrected chi connectivity index (χ3v) is 5.24. The van der Waals surface area contributed by atoms with Crippen LogP contribution in [0.4, 0.5) is 17.6 Å². The quantitative estimate of drug-likeness (QED) is 0.366. The van der Waals surface area contributed by atoms with Gasteiger partial charge in [0.2, 0.25) is 11.8 Å².